The van der Waals surface area contributed by atoms with Crippen LogP contribution in [0.1, 0.15) is 31.2 Å². The zero-order valence-electron chi connectivity index (χ0n) is 12.8. The van der Waals surface area contributed by atoms with Gasteiger partial charge in [0.2, 0.25) is 10.0 Å². The summed E-state index contributed by atoms with van der Waals surface area (Å²) >= 11 is 5.96. The normalized spacial score (nSPS) is 20.3. The van der Waals surface area contributed by atoms with Crippen molar-refractivity contribution in [3.05, 3.63) is 28.8 Å². The molecule has 0 bridgehead atoms. The molecule has 1 aromatic carbocycles. The molecular weight excluding hydrogens is 334 g/mol. The van der Waals surface area contributed by atoms with Crippen LogP contribution in [0.2, 0.25) is 5.02 Å². The van der Waals surface area contributed by atoms with Gasteiger partial charge in [0, 0.05) is 19.1 Å². The van der Waals surface area contributed by atoms with Crippen molar-refractivity contribution in [2.24, 2.45) is 5.92 Å². The number of piperidine rings is 1. The molecule has 7 heteroatoms. The molecular formula is C16H20ClN3O2S. The van der Waals surface area contributed by atoms with Gasteiger partial charge < -0.3 is 5.32 Å². The maximum atomic E-state index is 12.8. The monoisotopic (exact) mass is 353 g/mol. The molecule has 0 amide bonds. The first kappa shape index (κ1) is 16.7. The van der Waals surface area contributed by atoms with Crippen molar-refractivity contribution in [3.63, 3.8) is 0 Å². The molecule has 1 heterocycles. The summed E-state index contributed by atoms with van der Waals surface area (Å²) in [6.45, 7) is 1.99. The first-order chi connectivity index (χ1) is 11.0. The summed E-state index contributed by atoms with van der Waals surface area (Å²) in [6.07, 6.45) is 4.22. The third-order valence-corrected chi connectivity index (χ3v) is 6.81. The standard InChI is InChI=1S/C16H20ClN3O2S/c17-15-2-1-3-16(14(15)10-18)23(21,22)20-8-6-13(7-9-20)19-11-12-4-5-12/h1-3,12-13,19H,4-9,11H2. The Balaban J connectivity index is 1.69. The molecule has 124 valence electrons. The zero-order chi connectivity index (χ0) is 16.4. The lowest BCUT2D eigenvalue weighted by Crippen LogP contribution is -2.45. The van der Waals surface area contributed by atoms with E-state index >= 15 is 0 Å². The molecule has 3 rings (SSSR count). The van der Waals surface area contributed by atoms with Crippen molar-refractivity contribution in [2.75, 3.05) is 19.6 Å². The van der Waals surface area contributed by atoms with Crippen molar-refractivity contribution in [1.29, 1.82) is 5.26 Å². The largest absolute Gasteiger partial charge is 0.314 e. The van der Waals surface area contributed by atoms with E-state index in [0.717, 1.165) is 25.3 Å². The van der Waals surface area contributed by atoms with E-state index in [1.54, 1.807) is 6.07 Å². The van der Waals surface area contributed by atoms with Crippen LogP contribution in [-0.4, -0.2) is 38.4 Å². The molecule has 1 N–H and O–H groups in total. The van der Waals surface area contributed by atoms with Crippen LogP contribution in [-0.2, 0) is 10.0 Å². The van der Waals surface area contributed by atoms with Gasteiger partial charge in [-0.3, -0.25) is 0 Å². The SMILES string of the molecule is N#Cc1c(Cl)cccc1S(=O)(=O)N1CCC(NCC2CC2)CC1. The Morgan fingerprint density at radius 3 is 2.57 bits per heavy atom. The summed E-state index contributed by atoms with van der Waals surface area (Å²) in [6, 6.07) is 6.85. The van der Waals surface area contributed by atoms with E-state index in [4.69, 9.17) is 11.6 Å². The van der Waals surface area contributed by atoms with Crippen LogP contribution in [0.5, 0.6) is 0 Å². The molecule has 1 aliphatic carbocycles. The fraction of sp³-hybridized carbons (Fsp3) is 0.562. The van der Waals surface area contributed by atoms with Crippen LogP contribution in [0.4, 0.5) is 0 Å². The van der Waals surface area contributed by atoms with E-state index < -0.39 is 10.0 Å². The Labute approximate surface area is 142 Å². The van der Waals surface area contributed by atoms with Crippen LogP contribution in [0.15, 0.2) is 23.1 Å². The average Bonchev–Trinajstić information content (AvgIpc) is 3.37. The molecule has 0 atom stereocenters. The van der Waals surface area contributed by atoms with Gasteiger partial charge in [0.15, 0.2) is 0 Å². The second-order valence-electron chi connectivity index (χ2n) is 6.25. The first-order valence-corrected chi connectivity index (χ1v) is 9.76. The van der Waals surface area contributed by atoms with Crippen LogP contribution in [0.25, 0.3) is 0 Å². The number of benzene rings is 1. The van der Waals surface area contributed by atoms with Crippen molar-refractivity contribution in [2.45, 2.75) is 36.6 Å². The van der Waals surface area contributed by atoms with Crippen LogP contribution < -0.4 is 5.32 Å². The number of nitriles is 1. The molecule has 1 aliphatic heterocycles. The van der Waals surface area contributed by atoms with Gasteiger partial charge in [-0.25, -0.2) is 8.42 Å². The lowest BCUT2D eigenvalue weighted by Gasteiger charge is -2.32. The van der Waals surface area contributed by atoms with Gasteiger partial charge in [-0.05, 0) is 50.3 Å². The highest BCUT2D eigenvalue weighted by Gasteiger charge is 2.32. The highest BCUT2D eigenvalue weighted by Crippen LogP contribution is 2.29. The molecule has 1 aromatic rings. The maximum Gasteiger partial charge on any atom is 0.244 e. The fourth-order valence-electron chi connectivity index (χ4n) is 2.92. The quantitative estimate of drug-likeness (QED) is 0.881. The molecule has 0 radical (unpaired) electrons. The fourth-order valence-corrected chi connectivity index (χ4v) is 4.83. The summed E-state index contributed by atoms with van der Waals surface area (Å²) in [5.41, 5.74) is 0.0307. The second kappa shape index (κ2) is 6.78. The number of rotatable bonds is 5. The van der Waals surface area contributed by atoms with Crippen molar-refractivity contribution < 1.29 is 8.42 Å². The minimum Gasteiger partial charge on any atom is -0.314 e. The minimum atomic E-state index is -3.67. The minimum absolute atomic E-state index is 0.0110. The second-order valence-corrected chi connectivity index (χ2v) is 8.57. The van der Waals surface area contributed by atoms with E-state index in [1.807, 2.05) is 6.07 Å². The Morgan fingerprint density at radius 1 is 1.26 bits per heavy atom. The number of hydrogen-bond acceptors (Lipinski definition) is 4. The lowest BCUT2D eigenvalue weighted by molar-refractivity contribution is 0.288. The molecule has 1 saturated heterocycles. The summed E-state index contributed by atoms with van der Waals surface area (Å²) in [4.78, 5) is 0.0110. The third-order valence-electron chi connectivity index (χ3n) is 4.55. The van der Waals surface area contributed by atoms with Crippen molar-refractivity contribution >= 4 is 21.6 Å². The third kappa shape index (κ3) is 3.69. The van der Waals surface area contributed by atoms with Gasteiger partial charge >= 0.3 is 0 Å². The van der Waals surface area contributed by atoms with E-state index in [2.05, 4.69) is 5.32 Å². The van der Waals surface area contributed by atoms with Crippen LogP contribution in [0, 0.1) is 17.2 Å². The van der Waals surface area contributed by atoms with Gasteiger partial charge in [0.25, 0.3) is 0 Å². The Morgan fingerprint density at radius 2 is 1.96 bits per heavy atom. The van der Waals surface area contributed by atoms with E-state index in [-0.39, 0.29) is 15.5 Å². The summed E-state index contributed by atoms with van der Waals surface area (Å²) in [7, 11) is -3.67. The van der Waals surface area contributed by atoms with Crippen LogP contribution in [0.3, 0.4) is 0 Å². The van der Waals surface area contributed by atoms with Gasteiger partial charge in [0.1, 0.15) is 11.0 Å². The predicted octanol–water partition coefficient (Wildman–Crippen LogP) is 2.36. The molecule has 23 heavy (non-hydrogen) atoms. The average molecular weight is 354 g/mol. The first-order valence-electron chi connectivity index (χ1n) is 7.94. The number of sulfonamides is 1. The summed E-state index contributed by atoms with van der Waals surface area (Å²) < 4.78 is 27.1. The van der Waals surface area contributed by atoms with E-state index in [0.29, 0.717) is 19.1 Å². The number of nitrogens with zero attached hydrogens (tertiary/aromatic N) is 2. The number of hydrogen-bond donors (Lipinski definition) is 1. The lowest BCUT2D eigenvalue weighted by atomic mass is 10.1. The molecule has 2 aliphatic rings. The topological polar surface area (TPSA) is 73.2 Å². The Hall–Kier alpha value is -1.13. The van der Waals surface area contributed by atoms with Crippen LogP contribution >= 0.6 is 11.6 Å². The van der Waals surface area contributed by atoms with Crippen molar-refractivity contribution in [3.8, 4) is 6.07 Å². The van der Waals surface area contributed by atoms with E-state index in [9.17, 15) is 13.7 Å². The smallest absolute Gasteiger partial charge is 0.244 e. The number of halogens is 1. The molecule has 0 aromatic heterocycles. The molecule has 0 spiro atoms. The van der Waals surface area contributed by atoms with E-state index in [1.165, 1.54) is 29.3 Å². The van der Waals surface area contributed by atoms with Crippen molar-refractivity contribution in [1.82, 2.24) is 9.62 Å². The van der Waals surface area contributed by atoms with Gasteiger partial charge in [-0.2, -0.15) is 9.57 Å². The molecule has 1 saturated carbocycles. The zero-order valence-corrected chi connectivity index (χ0v) is 14.4. The Bertz CT molecular complexity index is 717. The summed E-state index contributed by atoms with van der Waals surface area (Å²) in [5, 5.41) is 12.9. The highest BCUT2D eigenvalue weighted by molar-refractivity contribution is 7.89. The maximum absolute atomic E-state index is 12.8. The van der Waals surface area contributed by atoms with Gasteiger partial charge in [0.05, 0.1) is 10.6 Å². The Kier molecular flexibility index (Phi) is 4.93. The highest BCUT2D eigenvalue weighted by atomic mass is 35.5. The predicted molar refractivity (Wildman–Crippen MR) is 88.7 cm³/mol. The summed E-state index contributed by atoms with van der Waals surface area (Å²) in [5.74, 6) is 0.821. The molecule has 0 unspecified atom stereocenters. The number of nitrogens with one attached hydrogen (secondary N) is 1. The van der Waals surface area contributed by atoms with Gasteiger partial charge in [-0.1, -0.05) is 17.7 Å². The molecule has 5 nitrogen and oxygen atoms in total. The van der Waals surface area contributed by atoms with Gasteiger partial charge in [-0.15, -0.1) is 0 Å². The molecule has 2 fully saturated rings.